The highest BCUT2D eigenvalue weighted by molar-refractivity contribution is 6.12. The van der Waals surface area contributed by atoms with E-state index in [1.165, 1.54) is 79.7 Å². The topological polar surface area (TPSA) is 562 Å². The fraction of sp³-hybridized carbons (Fsp3) is 0.684. The van der Waals surface area contributed by atoms with Crippen LogP contribution in [0, 0.1) is 28.6 Å². The maximum atomic E-state index is 15.2. The Bertz CT molecular complexity index is 3750. The Morgan fingerprint density at radius 3 is 1.53 bits per heavy atom. The van der Waals surface area contributed by atoms with E-state index in [0.29, 0.717) is 17.7 Å². The molecule has 0 unspecified atom stereocenters. The second-order valence-electron chi connectivity index (χ2n) is 34.1. The number of hydrogen-bond acceptors (Lipinski definition) is 28. The number of imide groups is 1. The molecule has 0 saturated carbocycles. The number of carbonyl (C=O) groups excluding carboxylic acids is 21. The first-order valence-electron chi connectivity index (χ1n) is 38.2. The lowest BCUT2D eigenvalue weighted by molar-refractivity contribution is -0.193. The quantitative estimate of drug-likeness (QED) is 0.00700. The van der Waals surface area contributed by atoms with Crippen molar-refractivity contribution in [2.75, 3.05) is 25.1 Å². The van der Waals surface area contributed by atoms with Gasteiger partial charge in [-0.05, 0) is 157 Å². The molecule has 1 rings (SSSR count). The third-order valence-electron chi connectivity index (χ3n) is 16.1. The summed E-state index contributed by atoms with van der Waals surface area (Å²) in [4.78, 5) is 272. The predicted molar refractivity (Wildman–Crippen MR) is 419 cm³/mol. The van der Waals surface area contributed by atoms with Crippen molar-refractivity contribution in [3.05, 3.63) is 40.3 Å². The Morgan fingerprint density at radius 1 is 0.534 bits per heavy atom. The molecule has 0 fully saturated rings. The second kappa shape index (κ2) is 51.0. The van der Waals surface area contributed by atoms with Gasteiger partial charge in [0.05, 0.1) is 37.8 Å². The monoisotopic (exact) mass is 1670 g/mol. The largest absolute Gasteiger partial charge is 0.468 e. The van der Waals surface area contributed by atoms with Gasteiger partial charge in [-0.3, -0.25) is 67.1 Å². The number of azide groups is 1. The van der Waals surface area contributed by atoms with Gasteiger partial charge in [0.25, 0.3) is 0 Å². The zero-order chi connectivity index (χ0) is 91.8. The fourth-order valence-corrected chi connectivity index (χ4v) is 11.0. The third-order valence-corrected chi connectivity index (χ3v) is 16.1. The van der Waals surface area contributed by atoms with Crippen LogP contribution in [0.3, 0.4) is 0 Å². The molecular weight excluding hydrogens is 1550 g/mol. The number of ether oxygens (including phenoxy) is 6. The normalized spacial score (nSPS) is 14.1. The van der Waals surface area contributed by atoms with Gasteiger partial charge in [0, 0.05) is 48.0 Å². The number of carbonyl (C=O) groups is 17. The lowest BCUT2D eigenvalue weighted by Crippen LogP contribution is -2.58. The number of para-hydroxylation sites is 1. The molecule has 0 bridgehead atoms. The summed E-state index contributed by atoms with van der Waals surface area (Å²) in [6.45, 7) is 35.2. The summed E-state index contributed by atoms with van der Waals surface area (Å²) >= 11 is 0. The van der Waals surface area contributed by atoms with E-state index in [2.05, 4.69) is 57.3 Å². The number of methoxy groups -OCH3 is 1. The van der Waals surface area contributed by atoms with Gasteiger partial charge < -0.3 is 71.0 Å². The molecule has 0 aliphatic heterocycles. The van der Waals surface area contributed by atoms with E-state index in [0.717, 1.165) is 14.0 Å². The van der Waals surface area contributed by atoms with Crippen molar-refractivity contribution in [3.63, 3.8) is 0 Å². The van der Waals surface area contributed by atoms with E-state index in [9.17, 15) is 77.4 Å². The second-order valence-corrected chi connectivity index (χ2v) is 34.1. The summed E-state index contributed by atoms with van der Waals surface area (Å²) < 4.78 is 32.2. The number of alkyl carbamates (subject to hydrolysis) is 1. The van der Waals surface area contributed by atoms with Crippen molar-refractivity contribution in [1.29, 1.82) is 0 Å². The molecule has 118 heavy (non-hydrogen) atoms. The smallest absolute Gasteiger partial charge is 0.421 e. The van der Waals surface area contributed by atoms with Crippen molar-refractivity contribution in [2.24, 2.45) is 33.7 Å². The van der Waals surface area contributed by atoms with Crippen molar-refractivity contribution in [3.8, 4) is 0 Å². The Hall–Kier alpha value is -11.3. The fourth-order valence-electron chi connectivity index (χ4n) is 11.0. The van der Waals surface area contributed by atoms with E-state index in [4.69, 9.17) is 42.9 Å². The lowest BCUT2D eigenvalue weighted by atomic mass is 9.81. The standard InChI is InChI=1S/C77H122N12O23.2CO2/c1-25-27-31-50(56(92)34-46(38-72(6,7)8)64(99)81-44(4)63(98)84-53(39-73(9,10)11)66(101)80-41-61(97)107-24)82-58(94)40-79-68(103)62(86-67(102)51(87-88-78)37-60(96)110-75(15,16)17)45(5)108-69(104)52(36-55(91)47-30-28-29-32-54(47)89(42-90)71(106)112-77(21,22)23)83-65(100)48(43(3)33-59(95)109-74(12,13)14)35-57(93)49(26-2)85-70(105)111-76(18,19)20;2*2-1-3/h28-30,32,42-46,48-53,62H,25-27,31,33-41H2,1-24H3,(H,79,103)(H,80,101)(H,81,99)(H,82,94)(H,83,100)(H,84,98)(H,85,105)(H,86,102);;/t43-,44-,45-,46+,48+,49-,50+,51+,52+,53+,62+;;/m1../s1. The van der Waals surface area contributed by atoms with E-state index in [1.807, 2.05) is 41.5 Å². The van der Waals surface area contributed by atoms with Gasteiger partial charge in [-0.25, -0.2) is 19.3 Å². The third kappa shape index (κ3) is 45.8. The maximum Gasteiger partial charge on any atom is 0.421 e. The van der Waals surface area contributed by atoms with Crippen molar-refractivity contribution in [2.45, 2.75) is 301 Å². The van der Waals surface area contributed by atoms with Crippen molar-refractivity contribution >= 4 is 119 Å². The molecule has 39 heteroatoms. The van der Waals surface area contributed by atoms with Crippen LogP contribution in [0.25, 0.3) is 10.4 Å². The molecule has 1 aromatic rings. The molecule has 39 nitrogen and oxygen atoms in total. The number of esters is 4. The van der Waals surface area contributed by atoms with Crippen LogP contribution in [0.2, 0.25) is 0 Å². The molecule has 0 saturated heterocycles. The van der Waals surface area contributed by atoms with Crippen LogP contribution in [0.5, 0.6) is 0 Å². The number of nitrogens with one attached hydrogen (secondary N) is 8. The Balaban J connectivity index is 0. The Morgan fingerprint density at radius 2 is 1.04 bits per heavy atom. The number of unbranched alkanes of at least 4 members (excludes halogenated alkanes) is 1. The number of anilines is 1. The minimum Gasteiger partial charge on any atom is -0.468 e. The molecule has 11 atom stereocenters. The minimum absolute atomic E-state index is 0.0180. The van der Waals surface area contributed by atoms with Gasteiger partial charge in [0.2, 0.25) is 47.8 Å². The van der Waals surface area contributed by atoms with Gasteiger partial charge in [-0.2, -0.15) is 19.2 Å². The number of amides is 10. The lowest BCUT2D eigenvalue weighted by Gasteiger charge is -2.30. The van der Waals surface area contributed by atoms with Gasteiger partial charge in [0.1, 0.15) is 65.3 Å². The van der Waals surface area contributed by atoms with Crippen LogP contribution in [-0.2, 0) is 115 Å². The molecule has 0 aliphatic carbocycles. The molecule has 0 aromatic heterocycles. The van der Waals surface area contributed by atoms with E-state index in [-0.39, 0.29) is 50.1 Å². The van der Waals surface area contributed by atoms with E-state index in [1.54, 1.807) is 55.4 Å². The number of nitrogens with zero attached hydrogens (tertiary/aromatic N) is 4. The van der Waals surface area contributed by atoms with Crippen molar-refractivity contribution in [1.82, 2.24) is 42.5 Å². The molecular formula is C79H122N12O27. The molecule has 0 aliphatic rings. The van der Waals surface area contributed by atoms with Gasteiger partial charge >= 0.3 is 48.4 Å². The van der Waals surface area contributed by atoms with Crippen LogP contribution in [0.4, 0.5) is 15.3 Å². The highest BCUT2D eigenvalue weighted by Gasteiger charge is 2.41. The number of rotatable bonds is 42. The Kier molecular flexibility index (Phi) is 47.0. The average Bonchev–Trinajstić information content (AvgIpc) is 0.813. The highest BCUT2D eigenvalue weighted by atomic mass is 16.6. The van der Waals surface area contributed by atoms with Crippen molar-refractivity contribution < 1.29 is 129 Å². The highest BCUT2D eigenvalue weighted by Crippen LogP contribution is 2.30. The van der Waals surface area contributed by atoms with Crippen LogP contribution < -0.4 is 47.4 Å². The van der Waals surface area contributed by atoms with Gasteiger partial charge in [-0.1, -0.05) is 92.4 Å². The first-order valence-corrected chi connectivity index (χ1v) is 38.2. The summed E-state index contributed by atoms with van der Waals surface area (Å²) in [6.07, 6.45) is -6.36. The molecule has 10 amide bonds. The Labute approximate surface area is 687 Å². The molecule has 8 N–H and O–H groups in total. The average molecular weight is 1670 g/mol. The van der Waals surface area contributed by atoms with Crippen LogP contribution in [-0.4, -0.2) is 204 Å². The number of ketones is 3. The maximum absolute atomic E-state index is 15.2. The van der Waals surface area contributed by atoms with Crippen LogP contribution in [0.1, 0.15) is 240 Å². The summed E-state index contributed by atoms with van der Waals surface area (Å²) in [5.74, 6) is -17.5. The molecule has 0 spiro atoms. The predicted octanol–water partition coefficient (Wildman–Crippen LogP) is 6.07. The number of benzene rings is 1. The first-order chi connectivity index (χ1) is 54.2. The number of hydrogen-bond donors (Lipinski definition) is 8. The molecule has 660 valence electrons. The van der Waals surface area contributed by atoms with Gasteiger partial charge in [0.15, 0.2) is 17.3 Å². The van der Waals surface area contributed by atoms with E-state index < -0.39 is 245 Å². The van der Waals surface area contributed by atoms with Crippen LogP contribution >= 0.6 is 0 Å². The molecule has 0 radical (unpaired) electrons. The molecule has 1 aromatic carbocycles. The van der Waals surface area contributed by atoms with Crippen LogP contribution in [0.15, 0.2) is 29.4 Å². The first kappa shape index (κ1) is 109. The summed E-state index contributed by atoms with van der Waals surface area (Å²) in [5, 5.41) is 23.3. The molecule has 0 heterocycles. The summed E-state index contributed by atoms with van der Waals surface area (Å²) in [7, 11) is 1.14. The zero-order valence-electron chi connectivity index (χ0n) is 72.2. The number of Topliss-reactive ketones (excluding diaryl/α,β-unsaturated/α-hetero) is 3. The summed E-state index contributed by atoms with van der Waals surface area (Å²) in [6, 6.07) is -6.32. The van der Waals surface area contributed by atoms with Gasteiger partial charge in [-0.15, -0.1) is 0 Å². The van der Waals surface area contributed by atoms with E-state index >= 15 is 9.59 Å². The minimum atomic E-state index is -2.21. The summed E-state index contributed by atoms with van der Waals surface area (Å²) in [5.41, 5.74) is 3.40. The zero-order valence-corrected chi connectivity index (χ0v) is 72.2. The SMILES string of the molecule is CCCC[C@H](NC(=O)CNC(=O)[C@@H](NC(=O)[C@H](CC(=O)OC(C)(C)C)N=[N+]=[N-])[C@@H](C)OC(=O)[C@H](CC(=O)c1ccccc1N(C=O)C(=O)OC(C)(C)C)NC(=O)[C@@H](CC(=O)[C@@H](CC)NC(=O)OC(C)(C)C)[C@H](C)CC(=O)OC(C)(C)C)C(=O)C[C@@H](CC(C)(C)C)C(=O)N[C@H](C)C(=O)N[C@@H](CC(C)(C)C)C(=O)NCC(=O)OC.O=C=O.O=C=O.